The average Bonchev–Trinajstić information content (AvgIpc) is 3.33. The Bertz CT molecular complexity index is 1300. The number of carbonyl (C=O) groups excluding carboxylic acids is 3. The summed E-state index contributed by atoms with van der Waals surface area (Å²) < 4.78 is 13.3. The highest BCUT2D eigenvalue weighted by Gasteiger charge is 2.68. The molecule has 4 fully saturated rings. The fraction of sp³-hybridized carbons (Fsp3) is 0.531. The van der Waals surface area contributed by atoms with Crippen molar-refractivity contribution < 1.29 is 28.9 Å². The molecule has 0 aromatic heterocycles. The van der Waals surface area contributed by atoms with Gasteiger partial charge in [-0.1, -0.05) is 58.0 Å². The first kappa shape index (κ1) is 30.3. The number of hydrogen-bond donors (Lipinski definition) is 4. The minimum absolute atomic E-state index is 0.00143. The van der Waals surface area contributed by atoms with Crippen molar-refractivity contribution in [3.8, 4) is 0 Å². The molecule has 224 valence electrons. The van der Waals surface area contributed by atoms with Crippen molar-refractivity contribution in [2.75, 3.05) is 0 Å². The zero-order chi connectivity index (χ0) is 30.2. The lowest BCUT2D eigenvalue weighted by Gasteiger charge is -2.64. The SMILES string of the molecule is CC(C)C[C@H](NC(=O)[C@H](Cc1ccccc1)NC(=O)c1ccc(C(=O)NO)cc1)B1OC2C[C@H]3C[C@H](C3(C)C)[C@@]2(C)O1. The number of rotatable bonds is 10. The molecule has 1 saturated heterocycles. The first-order valence-corrected chi connectivity index (χ1v) is 14.9. The molecular weight excluding hydrogens is 533 g/mol. The predicted octanol–water partition coefficient (Wildman–Crippen LogP) is 3.95. The van der Waals surface area contributed by atoms with Crippen molar-refractivity contribution in [3.63, 3.8) is 0 Å². The van der Waals surface area contributed by atoms with Crippen LogP contribution in [0.4, 0.5) is 0 Å². The van der Waals surface area contributed by atoms with Crippen LogP contribution in [-0.2, 0) is 20.5 Å². The second-order valence-corrected chi connectivity index (χ2v) is 13.3. The van der Waals surface area contributed by atoms with Gasteiger partial charge in [0.2, 0.25) is 5.91 Å². The van der Waals surface area contributed by atoms with Gasteiger partial charge >= 0.3 is 7.12 Å². The van der Waals surface area contributed by atoms with Gasteiger partial charge in [0.1, 0.15) is 6.04 Å². The normalized spacial score (nSPS) is 26.9. The lowest BCUT2D eigenvalue weighted by atomic mass is 9.43. The molecular formula is C32H42BN3O6. The molecule has 3 saturated carbocycles. The number of carbonyl (C=O) groups is 3. The van der Waals surface area contributed by atoms with Crippen molar-refractivity contribution in [1.29, 1.82) is 0 Å². The monoisotopic (exact) mass is 575 g/mol. The van der Waals surface area contributed by atoms with Gasteiger partial charge in [-0.05, 0) is 79.2 Å². The number of nitrogens with one attached hydrogen (secondary N) is 3. The summed E-state index contributed by atoms with van der Waals surface area (Å²) in [5.74, 6) is -0.507. The van der Waals surface area contributed by atoms with E-state index in [2.05, 4.69) is 45.3 Å². The van der Waals surface area contributed by atoms with E-state index in [0.29, 0.717) is 24.7 Å². The summed E-state index contributed by atoms with van der Waals surface area (Å²) >= 11 is 0. The molecule has 42 heavy (non-hydrogen) atoms. The van der Waals surface area contributed by atoms with Crippen molar-refractivity contribution in [2.24, 2.45) is 23.2 Å². The molecule has 4 N–H and O–H groups in total. The van der Waals surface area contributed by atoms with Crippen LogP contribution in [0.1, 0.15) is 80.2 Å². The van der Waals surface area contributed by atoms with E-state index >= 15 is 0 Å². The number of hydroxylamine groups is 1. The lowest BCUT2D eigenvalue weighted by molar-refractivity contribution is -0.199. The van der Waals surface area contributed by atoms with Crippen LogP contribution in [0.5, 0.6) is 0 Å². The Labute approximate surface area is 248 Å². The smallest absolute Gasteiger partial charge is 0.404 e. The largest absolute Gasteiger partial charge is 0.481 e. The average molecular weight is 576 g/mol. The minimum atomic E-state index is -0.860. The highest BCUT2D eigenvalue weighted by atomic mass is 16.7. The standard InChI is InChI=1S/C32H42BN3O6/c1-19(2)15-27(33-41-26-18-23-17-25(31(23,3)4)32(26,5)42-33)35-30(39)24(16-20-9-7-6-8-10-20)34-28(37)21-11-13-22(14-12-21)29(38)36-40/h6-14,19,23-27,40H,15-18H2,1-5H3,(H,34,37)(H,35,39)(H,36,38)/t23-,24+,25-,26?,27+,32-/m1/s1. The second kappa shape index (κ2) is 11.8. The van der Waals surface area contributed by atoms with E-state index in [0.717, 1.165) is 18.4 Å². The first-order valence-electron chi connectivity index (χ1n) is 14.9. The maximum Gasteiger partial charge on any atom is 0.481 e. The van der Waals surface area contributed by atoms with Crippen LogP contribution < -0.4 is 16.1 Å². The number of amides is 3. The summed E-state index contributed by atoms with van der Waals surface area (Å²) in [7, 11) is -0.570. The topological polar surface area (TPSA) is 126 Å². The summed E-state index contributed by atoms with van der Waals surface area (Å²) in [6.07, 6.45) is 3.07. The summed E-state index contributed by atoms with van der Waals surface area (Å²) in [5, 5.41) is 14.9. The van der Waals surface area contributed by atoms with Gasteiger partial charge < -0.3 is 19.9 Å². The van der Waals surface area contributed by atoms with E-state index in [9.17, 15) is 14.4 Å². The van der Waals surface area contributed by atoms with Crippen LogP contribution in [0.25, 0.3) is 0 Å². The Balaban J connectivity index is 1.33. The van der Waals surface area contributed by atoms with Crippen molar-refractivity contribution in [3.05, 3.63) is 71.3 Å². The molecule has 3 aliphatic carbocycles. The lowest BCUT2D eigenvalue weighted by Crippen LogP contribution is -2.65. The number of benzene rings is 2. The Hall–Kier alpha value is -3.21. The Kier molecular flexibility index (Phi) is 8.52. The third-order valence-electron chi connectivity index (χ3n) is 9.77. The van der Waals surface area contributed by atoms with Crippen LogP contribution in [0, 0.1) is 23.2 Å². The first-order chi connectivity index (χ1) is 19.9. The fourth-order valence-corrected chi connectivity index (χ4v) is 7.24. The second-order valence-electron chi connectivity index (χ2n) is 13.3. The highest BCUT2D eigenvalue weighted by Crippen LogP contribution is 2.65. The zero-order valence-corrected chi connectivity index (χ0v) is 25.1. The molecule has 9 nitrogen and oxygen atoms in total. The third-order valence-corrected chi connectivity index (χ3v) is 9.77. The third kappa shape index (κ3) is 5.85. The molecule has 0 radical (unpaired) electrons. The van der Waals surface area contributed by atoms with Crippen LogP contribution >= 0.6 is 0 Å². The van der Waals surface area contributed by atoms with E-state index in [4.69, 9.17) is 14.5 Å². The molecule has 0 spiro atoms. The molecule has 10 heteroatoms. The van der Waals surface area contributed by atoms with Crippen molar-refractivity contribution in [1.82, 2.24) is 16.1 Å². The summed E-state index contributed by atoms with van der Waals surface area (Å²) in [4.78, 5) is 38.8. The van der Waals surface area contributed by atoms with Gasteiger partial charge in [0.25, 0.3) is 11.8 Å². The van der Waals surface area contributed by atoms with Crippen LogP contribution in [0.2, 0.25) is 0 Å². The van der Waals surface area contributed by atoms with Crippen molar-refractivity contribution in [2.45, 2.75) is 84.0 Å². The zero-order valence-electron chi connectivity index (χ0n) is 25.1. The maximum absolute atomic E-state index is 13.9. The molecule has 4 aliphatic rings. The van der Waals surface area contributed by atoms with E-state index in [1.807, 2.05) is 30.3 Å². The van der Waals surface area contributed by atoms with Crippen LogP contribution in [0.15, 0.2) is 54.6 Å². The van der Waals surface area contributed by atoms with E-state index in [-0.39, 0.29) is 46.0 Å². The van der Waals surface area contributed by atoms with Gasteiger partial charge in [0.15, 0.2) is 0 Å². The van der Waals surface area contributed by atoms with Crippen molar-refractivity contribution >= 4 is 24.8 Å². The van der Waals surface area contributed by atoms with Gasteiger partial charge in [-0.25, -0.2) is 5.48 Å². The van der Waals surface area contributed by atoms with E-state index < -0.39 is 25.0 Å². The molecule has 2 aromatic rings. The number of hydrogen-bond acceptors (Lipinski definition) is 6. The van der Waals surface area contributed by atoms with Gasteiger partial charge in [-0.3, -0.25) is 19.6 Å². The molecule has 2 bridgehead atoms. The minimum Gasteiger partial charge on any atom is -0.404 e. The Morgan fingerprint density at radius 3 is 2.19 bits per heavy atom. The fourth-order valence-electron chi connectivity index (χ4n) is 7.24. The van der Waals surface area contributed by atoms with Gasteiger partial charge in [0.05, 0.1) is 17.6 Å². The molecule has 6 rings (SSSR count). The summed E-state index contributed by atoms with van der Waals surface area (Å²) in [6, 6.07) is 14.5. The molecule has 2 aromatic carbocycles. The summed E-state index contributed by atoms with van der Waals surface area (Å²) in [6.45, 7) is 11.0. The molecule has 1 aliphatic heterocycles. The van der Waals surface area contributed by atoms with Crippen LogP contribution in [-0.4, -0.2) is 53.7 Å². The Morgan fingerprint density at radius 1 is 0.952 bits per heavy atom. The van der Waals surface area contributed by atoms with Gasteiger partial charge in [-0.2, -0.15) is 0 Å². The summed E-state index contributed by atoms with van der Waals surface area (Å²) in [5.41, 5.74) is 2.79. The van der Waals surface area contributed by atoms with Gasteiger partial charge in [-0.15, -0.1) is 0 Å². The molecule has 6 atom stereocenters. The highest BCUT2D eigenvalue weighted by molar-refractivity contribution is 6.48. The van der Waals surface area contributed by atoms with E-state index in [1.165, 1.54) is 24.3 Å². The van der Waals surface area contributed by atoms with Gasteiger partial charge in [0, 0.05) is 17.5 Å². The van der Waals surface area contributed by atoms with Crippen LogP contribution in [0.3, 0.4) is 0 Å². The Morgan fingerprint density at radius 2 is 1.60 bits per heavy atom. The molecule has 3 amide bonds. The molecule has 1 heterocycles. The predicted molar refractivity (Wildman–Crippen MR) is 159 cm³/mol. The quantitative estimate of drug-likeness (QED) is 0.193. The molecule has 1 unspecified atom stereocenters. The van der Waals surface area contributed by atoms with E-state index in [1.54, 1.807) is 5.48 Å². The maximum atomic E-state index is 13.9.